The Morgan fingerprint density at radius 3 is 2.10 bits per heavy atom. The highest BCUT2D eigenvalue weighted by Gasteiger charge is 2.09. The van der Waals surface area contributed by atoms with Crippen LogP contribution in [0.5, 0.6) is 0 Å². The molecule has 0 nitrogen and oxygen atoms in total. The van der Waals surface area contributed by atoms with E-state index >= 15 is 0 Å². The van der Waals surface area contributed by atoms with Gasteiger partial charge >= 0.3 is 0 Å². The smallest absolute Gasteiger partial charge is 0.0265 e. The minimum Gasteiger partial charge on any atom is -0.0630 e. The van der Waals surface area contributed by atoms with Gasteiger partial charge in [-0.3, -0.25) is 0 Å². The Kier molecular flexibility index (Phi) is 1.46. The van der Waals surface area contributed by atoms with Crippen LogP contribution in [0.25, 0.3) is 0 Å². The van der Waals surface area contributed by atoms with Crippen LogP contribution in [0, 0.1) is 0 Å². The van der Waals surface area contributed by atoms with Gasteiger partial charge in [-0.15, -0.1) is 0 Å². The summed E-state index contributed by atoms with van der Waals surface area (Å²) >= 11 is 0. The average molecular weight is 132 g/mol. The summed E-state index contributed by atoms with van der Waals surface area (Å²) in [5.41, 5.74) is 3.16. The maximum atomic E-state index is 2.22. The Hall–Kier alpha value is -0.780. The van der Waals surface area contributed by atoms with Crippen molar-refractivity contribution in [3.8, 4) is 0 Å². The first-order chi connectivity index (χ1) is 4.97. The van der Waals surface area contributed by atoms with Crippen molar-refractivity contribution < 1.29 is 0 Å². The van der Waals surface area contributed by atoms with Crippen LogP contribution in [0.2, 0.25) is 0 Å². The topological polar surface area (TPSA) is 0 Å². The van der Waals surface area contributed by atoms with Crippen molar-refractivity contribution in [1.29, 1.82) is 0 Å². The highest BCUT2D eigenvalue weighted by Crippen LogP contribution is 2.29. The molecule has 0 N–H and O–H groups in total. The summed E-state index contributed by atoms with van der Waals surface area (Å²) in [6.07, 6.45) is 14.2. The van der Waals surface area contributed by atoms with Crippen LogP contribution in [0.15, 0.2) is 35.5 Å². The minimum absolute atomic E-state index is 1.34. The van der Waals surface area contributed by atoms with Crippen molar-refractivity contribution in [2.24, 2.45) is 0 Å². The van der Waals surface area contributed by atoms with Gasteiger partial charge in [-0.05, 0) is 31.3 Å². The molecule has 0 unspecified atom stereocenters. The third kappa shape index (κ3) is 0.942. The van der Waals surface area contributed by atoms with Crippen LogP contribution in [0.4, 0.5) is 0 Å². The van der Waals surface area contributed by atoms with Crippen LogP contribution in [0.1, 0.15) is 25.7 Å². The minimum atomic E-state index is 1.34. The first-order valence-electron chi connectivity index (χ1n) is 4.03. The lowest BCUT2D eigenvalue weighted by Crippen LogP contribution is -1.76. The van der Waals surface area contributed by atoms with Crippen molar-refractivity contribution in [3.63, 3.8) is 0 Å². The number of hydrogen-bond donors (Lipinski definition) is 0. The van der Waals surface area contributed by atoms with Gasteiger partial charge in [-0.1, -0.05) is 29.9 Å². The van der Waals surface area contributed by atoms with Crippen LogP contribution < -0.4 is 0 Å². The molecular weight excluding hydrogens is 120 g/mol. The Balaban J connectivity index is 2.26. The van der Waals surface area contributed by atoms with Gasteiger partial charge in [-0.2, -0.15) is 0 Å². The molecule has 0 heterocycles. The molecule has 0 radical (unpaired) electrons. The molecule has 1 saturated carbocycles. The third-order valence-electron chi connectivity index (χ3n) is 2.28. The zero-order valence-corrected chi connectivity index (χ0v) is 6.14. The number of rotatable bonds is 0. The van der Waals surface area contributed by atoms with E-state index in [1.807, 2.05) is 0 Å². The second kappa shape index (κ2) is 2.45. The maximum absolute atomic E-state index is 2.22. The van der Waals surface area contributed by atoms with Crippen LogP contribution in [0.3, 0.4) is 0 Å². The predicted molar refractivity (Wildman–Crippen MR) is 43.8 cm³/mol. The summed E-state index contributed by atoms with van der Waals surface area (Å²) < 4.78 is 0. The summed E-state index contributed by atoms with van der Waals surface area (Å²) in [6, 6.07) is 0. The van der Waals surface area contributed by atoms with E-state index < -0.39 is 0 Å². The Bertz CT molecular complexity index is 194. The van der Waals surface area contributed by atoms with Gasteiger partial charge in [-0.25, -0.2) is 0 Å². The lowest BCUT2D eigenvalue weighted by molar-refractivity contribution is 0.886. The van der Waals surface area contributed by atoms with E-state index in [-0.39, 0.29) is 0 Å². The van der Waals surface area contributed by atoms with Crippen LogP contribution >= 0.6 is 0 Å². The molecule has 0 aromatic carbocycles. The second-order valence-electron chi connectivity index (χ2n) is 2.98. The van der Waals surface area contributed by atoms with Gasteiger partial charge in [0.15, 0.2) is 0 Å². The molecule has 2 aliphatic rings. The fraction of sp³-hybridized carbons (Fsp3) is 0.400. The molecule has 0 spiro atoms. The summed E-state index contributed by atoms with van der Waals surface area (Å²) in [6.45, 7) is 0. The van der Waals surface area contributed by atoms with Gasteiger partial charge in [0.05, 0.1) is 0 Å². The van der Waals surface area contributed by atoms with Crippen LogP contribution in [-0.2, 0) is 0 Å². The van der Waals surface area contributed by atoms with E-state index in [4.69, 9.17) is 0 Å². The van der Waals surface area contributed by atoms with Gasteiger partial charge in [0, 0.05) is 0 Å². The van der Waals surface area contributed by atoms with Crippen molar-refractivity contribution in [2.75, 3.05) is 0 Å². The third-order valence-corrected chi connectivity index (χ3v) is 2.28. The molecule has 10 heavy (non-hydrogen) atoms. The van der Waals surface area contributed by atoms with E-state index in [2.05, 4.69) is 24.3 Å². The molecule has 0 atom stereocenters. The molecule has 2 rings (SSSR count). The lowest BCUT2D eigenvalue weighted by atomic mass is 10.1. The van der Waals surface area contributed by atoms with Gasteiger partial charge in [0.25, 0.3) is 0 Å². The monoisotopic (exact) mass is 132 g/mol. The summed E-state index contributed by atoms with van der Waals surface area (Å²) in [7, 11) is 0. The Labute approximate surface area is 61.9 Å². The molecule has 0 aliphatic heterocycles. The molecule has 0 aromatic heterocycles. The van der Waals surface area contributed by atoms with E-state index in [0.717, 1.165) is 0 Å². The van der Waals surface area contributed by atoms with E-state index in [1.54, 1.807) is 5.57 Å². The van der Waals surface area contributed by atoms with E-state index in [0.29, 0.717) is 0 Å². The highest BCUT2D eigenvalue weighted by atomic mass is 14.1. The zero-order valence-electron chi connectivity index (χ0n) is 6.14. The Morgan fingerprint density at radius 1 is 0.900 bits per heavy atom. The first kappa shape index (κ1) is 5.96. The van der Waals surface area contributed by atoms with Gasteiger partial charge < -0.3 is 0 Å². The quantitative estimate of drug-likeness (QED) is 0.475. The fourth-order valence-electron chi connectivity index (χ4n) is 1.70. The summed E-state index contributed by atoms with van der Waals surface area (Å²) in [5, 5.41) is 0. The standard InChI is InChI=1S/C10H12/c1-2-6-9(5-1)10-7-3-4-8-10/h1-2,5-6H,3-4,7-8H2. The largest absolute Gasteiger partial charge is 0.0630 e. The van der Waals surface area contributed by atoms with Crippen molar-refractivity contribution >= 4 is 0 Å². The SMILES string of the molecule is C1=CC(=C2CCCC2)C=C1. The molecule has 0 bridgehead atoms. The van der Waals surface area contributed by atoms with Crippen molar-refractivity contribution in [2.45, 2.75) is 25.7 Å². The molecule has 0 amide bonds. The lowest BCUT2D eigenvalue weighted by Gasteiger charge is -1.96. The second-order valence-corrected chi connectivity index (χ2v) is 2.98. The normalized spacial score (nSPS) is 23.2. The number of allylic oxidation sites excluding steroid dienone is 6. The predicted octanol–water partition coefficient (Wildman–Crippen LogP) is 2.98. The molecule has 0 aromatic rings. The van der Waals surface area contributed by atoms with Crippen LogP contribution in [-0.4, -0.2) is 0 Å². The number of hydrogen-bond acceptors (Lipinski definition) is 0. The van der Waals surface area contributed by atoms with Crippen molar-refractivity contribution in [3.05, 3.63) is 35.5 Å². The Morgan fingerprint density at radius 2 is 1.50 bits per heavy atom. The fourth-order valence-corrected chi connectivity index (χ4v) is 1.70. The zero-order chi connectivity index (χ0) is 6.81. The maximum Gasteiger partial charge on any atom is -0.0265 e. The molecular formula is C10H12. The van der Waals surface area contributed by atoms with Crippen molar-refractivity contribution in [1.82, 2.24) is 0 Å². The van der Waals surface area contributed by atoms with E-state index in [1.165, 1.54) is 31.3 Å². The molecule has 52 valence electrons. The molecule has 0 heteroatoms. The highest BCUT2D eigenvalue weighted by molar-refractivity contribution is 5.43. The first-order valence-corrected chi connectivity index (χ1v) is 4.03. The molecule has 1 fully saturated rings. The van der Waals surface area contributed by atoms with E-state index in [9.17, 15) is 0 Å². The summed E-state index contributed by atoms with van der Waals surface area (Å²) in [4.78, 5) is 0. The average Bonchev–Trinajstić information content (AvgIpc) is 2.59. The summed E-state index contributed by atoms with van der Waals surface area (Å²) in [5.74, 6) is 0. The molecule has 2 aliphatic carbocycles. The molecule has 0 saturated heterocycles. The van der Waals surface area contributed by atoms with Gasteiger partial charge in [0.2, 0.25) is 0 Å². The van der Waals surface area contributed by atoms with Gasteiger partial charge in [0.1, 0.15) is 0 Å².